The SMILES string of the molecule is COc1ccc(-c2noc(COC(=O)c3ccccc3C(=O)c3cc(C)ccc3C)n2)c(OC)c1. The third kappa shape index (κ3) is 5.06. The molecule has 3 aromatic carbocycles. The molecular formula is C27H24N2O6. The number of carbonyl (C=O) groups is 2. The van der Waals surface area contributed by atoms with Gasteiger partial charge in [0, 0.05) is 17.2 Å². The molecule has 0 N–H and O–H groups in total. The van der Waals surface area contributed by atoms with Gasteiger partial charge in [0.15, 0.2) is 12.4 Å². The molecule has 35 heavy (non-hydrogen) atoms. The second kappa shape index (κ2) is 10.2. The lowest BCUT2D eigenvalue weighted by molar-refractivity contribution is 0.0427. The van der Waals surface area contributed by atoms with Gasteiger partial charge in [-0.25, -0.2) is 4.79 Å². The van der Waals surface area contributed by atoms with Crippen molar-refractivity contribution in [1.29, 1.82) is 0 Å². The van der Waals surface area contributed by atoms with E-state index >= 15 is 0 Å². The maximum Gasteiger partial charge on any atom is 0.339 e. The highest BCUT2D eigenvalue weighted by Gasteiger charge is 2.22. The van der Waals surface area contributed by atoms with E-state index < -0.39 is 5.97 Å². The van der Waals surface area contributed by atoms with E-state index in [4.69, 9.17) is 18.7 Å². The van der Waals surface area contributed by atoms with Gasteiger partial charge in [-0.1, -0.05) is 41.1 Å². The molecule has 0 unspecified atom stereocenters. The zero-order valence-corrected chi connectivity index (χ0v) is 19.8. The van der Waals surface area contributed by atoms with Crippen molar-refractivity contribution in [3.05, 3.63) is 94.4 Å². The summed E-state index contributed by atoms with van der Waals surface area (Å²) in [5.41, 5.74) is 3.35. The van der Waals surface area contributed by atoms with Crippen LogP contribution in [0.15, 0.2) is 65.2 Å². The Morgan fingerprint density at radius 1 is 0.886 bits per heavy atom. The first-order chi connectivity index (χ1) is 16.9. The molecule has 1 heterocycles. The van der Waals surface area contributed by atoms with E-state index in [1.165, 1.54) is 7.11 Å². The number of benzene rings is 3. The molecule has 0 spiro atoms. The largest absolute Gasteiger partial charge is 0.497 e. The van der Waals surface area contributed by atoms with Crippen LogP contribution in [0.3, 0.4) is 0 Å². The van der Waals surface area contributed by atoms with Crippen LogP contribution in [0.1, 0.15) is 43.3 Å². The van der Waals surface area contributed by atoms with Crippen molar-refractivity contribution >= 4 is 11.8 Å². The quantitative estimate of drug-likeness (QED) is 0.262. The van der Waals surface area contributed by atoms with E-state index in [1.54, 1.807) is 49.6 Å². The van der Waals surface area contributed by atoms with Crippen LogP contribution in [-0.4, -0.2) is 36.1 Å². The molecule has 0 fully saturated rings. The molecule has 178 valence electrons. The van der Waals surface area contributed by atoms with Gasteiger partial charge in [-0.3, -0.25) is 4.79 Å². The third-order valence-corrected chi connectivity index (χ3v) is 5.47. The van der Waals surface area contributed by atoms with Gasteiger partial charge in [0.1, 0.15) is 11.5 Å². The zero-order chi connectivity index (χ0) is 24.9. The van der Waals surface area contributed by atoms with Crippen LogP contribution in [0.4, 0.5) is 0 Å². The fraction of sp³-hybridized carbons (Fsp3) is 0.185. The Morgan fingerprint density at radius 2 is 1.66 bits per heavy atom. The van der Waals surface area contributed by atoms with Crippen LogP contribution < -0.4 is 9.47 Å². The highest BCUT2D eigenvalue weighted by Crippen LogP contribution is 2.31. The van der Waals surface area contributed by atoms with Crippen molar-refractivity contribution in [3.8, 4) is 22.9 Å². The van der Waals surface area contributed by atoms with E-state index in [0.29, 0.717) is 22.6 Å². The molecule has 0 aliphatic carbocycles. The monoisotopic (exact) mass is 472 g/mol. The Balaban J connectivity index is 1.52. The molecule has 0 aliphatic heterocycles. The van der Waals surface area contributed by atoms with Gasteiger partial charge in [0.2, 0.25) is 5.82 Å². The molecular weight excluding hydrogens is 448 g/mol. The predicted octanol–water partition coefficient (Wildman–Crippen LogP) is 4.96. The molecule has 0 atom stereocenters. The standard InChI is InChI=1S/C27H24N2O6/c1-16-9-10-17(2)22(13-16)25(30)19-7-5-6-8-20(19)27(31)34-15-24-28-26(29-35-24)21-12-11-18(32-3)14-23(21)33-4/h5-14H,15H2,1-4H3. The lowest BCUT2D eigenvalue weighted by atomic mass is 9.94. The van der Waals surface area contributed by atoms with Crippen molar-refractivity contribution in [2.24, 2.45) is 0 Å². The number of esters is 1. The second-order valence-electron chi connectivity index (χ2n) is 7.85. The summed E-state index contributed by atoms with van der Waals surface area (Å²) in [6.45, 7) is 3.52. The summed E-state index contributed by atoms with van der Waals surface area (Å²) in [6.07, 6.45) is 0. The number of rotatable bonds is 8. The van der Waals surface area contributed by atoms with Crippen molar-refractivity contribution in [3.63, 3.8) is 0 Å². The minimum Gasteiger partial charge on any atom is -0.497 e. The first kappa shape index (κ1) is 23.7. The Kier molecular flexibility index (Phi) is 6.91. The number of aromatic nitrogens is 2. The Morgan fingerprint density at radius 3 is 2.40 bits per heavy atom. The van der Waals surface area contributed by atoms with Crippen LogP contribution in [-0.2, 0) is 11.3 Å². The van der Waals surface area contributed by atoms with Gasteiger partial charge in [0.05, 0.1) is 25.3 Å². The van der Waals surface area contributed by atoms with E-state index in [9.17, 15) is 9.59 Å². The average Bonchev–Trinajstić information content (AvgIpc) is 3.36. The molecule has 4 aromatic rings. The van der Waals surface area contributed by atoms with E-state index in [1.807, 2.05) is 32.0 Å². The maximum absolute atomic E-state index is 13.2. The molecule has 0 saturated heterocycles. The molecule has 0 radical (unpaired) electrons. The van der Waals surface area contributed by atoms with Crippen molar-refractivity contribution in [2.45, 2.75) is 20.5 Å². The maximum atomic E-state index is 13.2. The van der Waals surface area contributed by atoms with Crippen LogP contribution in [0.2, 0.25) is 0 Å². The smallest absolute Gasteiger partial charge is 0.339 e. The molecule has 0 bridgehead atoms. The molecule has 0 aliphatic rings. The molecule has 8 heteroatoms. The lowest BCUT2D eigenvalue weighted by Crippen LogP contribution is -2.13. The number of carbonyl (C=O) groups excluding carboxylic acids is 2. The second-order valence-corrected chi connectivity index (χ2v) is 7.85. The Bertz CT molecular complexity index is 1390. The fourth-order valence-electron chi connectivity index (χ4n) is 3.60. The van der Waals surface area contributed by atoms with Crippen molar-refractivity contribution in [2.75, 3.05) is 14.2 Å². The summed E-state index contributed by atoms with van der Waals surface area (Å²) in [7, 11) is 3.08. The Hall–Kier alpha value is -4.46. The van der Waals surface area contributed by atoms with Crippen molar-refractivity contribution in [1.82, 2.24) is 10.1 Å². The number of ketones is 1. The summed E-state index contributed by atoms with van der Waals surface area (Å²) in [6, 6.07) is 17.4. The lowest BCUT2D eigenvalue weighted by Gasteiger charge is -2.10. The third-order valence-electron chi connectivity index (χ3n) is 5.47. The molecule has 1 aromatic heterocycles. The highest BCUT2D eigenvalue weighted by atomic mass is 16.6. The highest BCUT2D eigenvalue weighted by molar-refractivity contribution is 6.15. The predicted molar refractivity (Wildman–Crippen MR) is 128 cm³/mol. The number of hydrogen-bond donors (Lipinski definition) is 0. The fourth-order valence-corrected chi connectivity index (χ4v) is 3.60. The average molecular weight is 472 g/mol. The van der Waals surface area contributed by atoms with Gasteiger partial charge in [0.25, 0.3) is 5.89 Å². The summed E-state index contributed by atoms with van der Waals surface area (Å²) in [5.74, 6) is 0.599. The molecule has 0 saturated carbocycles. The number of methoxy groups -OCH3 is 2. The van der Waals surface area contributed by atoms with E-state index in [-0.39, 0.29) is 35.2 Å². The number of aryl methyl sites for hydroxylation is 2. The van der Waals surface area contributed by atoms with Gasteiger partial charge >= 0.3 is 5.97 Å². The van der Waals surface area contributed by atoms with Crippen LogP contribution in [0, 0.1) is 13.8 Å². The van der Waals surface area contributed by atoms with Gasteiger partial charge in [-0.2, -0.15) is 4.98 Å². The van der Waals surface area contributed by atoms with Gasteiger partial charge in [-0.15, -0.1) is 0 Å². The first-order valence-electron chi connectivity index (χ1n) is 10.8. The Labute approximate surface area is 202 Å². The molecule has 8 nitrogen and oxygen atoms in total. The van der Waals surface area contributed by atoms with Gasteiger partial charge in [-0.05, 0) is 43.7 Å². The molecule has 0 amide bonds. The topological polar surface area (TPSA) is 101 Å². The number of ether oxygens (including phenoxy) is 3. The van der Waals surface area contributed by atoms with Crippen LogP contribution in [0.5, 0.6) is 11.5 Å². The minimum atomic E-state index is -0.666. The summed E-state index contributed by atoms with van der Waals surface area (Å²) >= 11 is 0. The van der Waals surface area contributed by atoms with E-state index in [0.717, 1.165) is 11.1 Å². The first-order valence-corrected chi connectivity index (χ1v) is 10.8. The molecule has 4 rings (SSSR count). The summed E-state index contributed by atoms with van der Waals surface area (Å²) < 4.78 is 21.2. The van der Waals surface area contributed by atoms with E-state index in [2.05, 4.69) is 10.1 Å². The summed E-state index contributed by atoms with van der Waals surface area (Å²) in [5, 5.41) is 3.95. The minimum absolute atomic E-state index is 0.101. The normalized spacial score (nSPS) is 10.6. The van der Waals surface area contributed by atoms with Crippen LogP contribution in [0.25, 0.3) is 11.4 Å². The van der Waals surface area contributed by atoms with Crippen molar-refractivity contribution < 1.29 is 28.3 Å². The number of hydrogen-bond acceptors (Lipinski definition) is 8. The summed E-state index contributed by atoms with van der Waals surface area (Å²) in [4.78, 5) is 30.4. The van der Waals surface area contributed by atoms with Gasteiger partial charge < -0.3 is 18.7 Å². The number of nitrogens with zero attached hydrogens (tertiary/aromatic N) is 2. The van der Waals surface area contributed by atoms with Crippen LogP contribution >= 0.6 is 0 Å². The zero-order valence-electron chi connectivity index (χ0n) is 19.8.